The molecule has 33 heavy (non-hydrogen) atoms. The van der Waals surface area contributed by atoms with Crippen molar-refractivity contribution in [2.45, 2.75) is 38.5 Å². The van der Waals surface area contributed by atoms with E-state index in [0.29, 0.717) is 16.2 Å². The quantitative estimate of drug-likeness (QED) is 0.671. The molecule has 0 saturated carbocycles. The van der Waals surface area contributed by atoms with Crippen LogP contribution in [-0.2, 0) is 34.0 Å². The van der Waals surface area contributed by atoms with Crippen molar-refractivity contribution in [2.75, 3.05) is 26.3 Å². The summed E-state index contributed by atoms with van der Waals surface area (Å²) in [5.74, 6) is -3.38. The van der Waals surface area contributed by atoms with Gasteiger partial charge < -0.3 is 14.4 Å². The fourth-order valence-electron chi connectivity index (χ4n) is 4.10. The Morgan fingerprint density at radius 3 is 2.64 bits per heavy atom. The molecule has 0 unspecified atom stereocenters. The van der Waals surface area contributed by atoms with E-state index < -0.39 is 36.5 Å². The molecule has 2 saturated heterocycles. The lowest BCUT2D eigenvalue weighted by atomic mass is 10.0. The summed E-state index contributed by atoms with van der Waals surface area (Å²) in [6.45, 7) is 3.90. The minimum Gasteiger partial charge on any atom is -0.489 e. The van der Waals surface area contributed by atoms with Gasteiger partial charge in [0.2, 0.25) is 11.8 Å². The third kappa shape index (κ3) is 4.62. The molecule has 0 radical (unpaired) electrons. The van der Waals surface area contributed by atoms with Crippen molar-refractivity contribution in [1.29, 1.82) is 0 Å². The lowest BCUT2D eigenvalue weighted by molar-refractivity contribution is -0.136. The standard InChI is InChI=1S/C25H27N3O5/c29-23-9-8-21(24(30)26-23)28-15-20-19(25(28)31)2-1-3-22(20)33-16-18-6-4-17(5-7-18)14-27-10-12-32-13-11-27/h1-7,21H,8-16H2,(H,26,29,30)/t21-/m1/s1/i8D2,9D2,21D. The summed E-state index contributed by atoms with van der Waals surface area (Å²) in [4.78, 5) is 40.9. The lowest BCUT2D eigenvalue weighted by Crippen LogP contribution is -2.52. The van der Waals surface area contributed by atoms with Crippen LogP contribution in [0, 0.1) is 0 Å². The number of hydrogen-bond donors (Lipinski definition) is 1. The molecule has 2 fully saturated rings. The number of nitrogens with zero attached hydrogens (tertiary/aromatic N) is 2. The largest absolute Gasteiger partial charge is 0.489 e. The van der Waals surface area contributed by atoms with Gasteiger partial charge in [-0.1, -0.05) is 30.3 Å². The monoisotopic (exact) mass is 454 g/mol. The Hall–Kier alpha value is -3.23. The number of piperidine rings is 1. The molecule has 0 spiro atoms. The molecule has 2 aromatic carbocycles. The molecule has 1 atom stereocenters. The van der Waals surface area contributed by atoms with E-state index in [0.717, 1.165) is 44.0 Å². The van der Waals surface area contributed by atoms with Crippen LogP contribution in [0.25, 0.3) is 0 Å². The van der Waals surface area contributed by atoms with Gasteiger partial charge in [-0.3, -0.25) is 24.6 Å². The number of rotatable bonds is 6. The Morgan fingerprint density at radius 2 is 1.85 bits per heavy atom. The van der Waals surface area contributed by atoms with E-state index in [4.69, 9.17) is 16.3 Å². The first kappa shape index (κ1) is 16.4. The average molecular weight is 455 g/mol. The number of imide groups is 1. The van der Waals surface area contributed by atoms with Crippen molar-refractivity contribution < 1.29 is 30.7 Å². The van der Waals surface area contributed by atoms with E-state index >= 15 is 0 Å². The van der Waals surface area contributed by atoms with Gasteiger partial charge in [0.1, 0.15) is 18.4 Å². The van der Waals surface area contributed by atoms with Gasteiger partial charge in [-0.2, -0.15) is 0 Å². The summed E-state index contributed by atoms with van der Waals surface area (Å²) in [6.07, 6.45) is -6.54. The lowest BCUT2D eigenvalue weighted by Gasteiger charge is -2.29. The van der Waals surface area contributed by atoms with Gasteiger partial charge in [0.05, 0.1) is 21.1 Å². The van der Waals surface area contributed by atoms with Crippen molar-refractivity contribution in [3.05, 3.63) is 64.7 Å². The predicted molar refractivity (Wildman–Crippen MR) is 119 cm³/mol. The van der Waals surface area contributed by atoms with Crippen molar-refractivity contribution in [3.63, 3.8) is 0 Å². The number of hydrogen-bond acceptors (Lipinski definition) is 6. The molecular formula is C25H27N3O5. The van der Waals surface area contributed by atoms with Gasteiger partial charge in [-0.25, -0.2) is 0 Å². The highest BCUT2D eigenvalue weighted by atomic mass is 16.5. The van der Waals surface area contributed by atoms with Gasteiger partial charge in [-0.05, 0) is 29.6 Å². The first-order valence-electron chi connectivity index (χ1n) is 13.3. The molecule has 3 aliphatic heterocycles. The number of carbonyl (C=O) groups is 3. The molecule has 0 aromatic heterocycles. The van der Waals surface area contributed by atoms with Crippen LogP contribution < -0.4 is 10.1 Å². The topological polar surface area (TPSA) is 88.2 Å². The van der Waals surface area contributed by atoms with Crippen LogP contribution in [0.5, 0.6) is 5.75 Å². The number of benzene rings is 2. The number of carbonyl (C=O) groups excluding carboxylic acids is 3. The maximum atomic E-state index is 13.2. The van der Waals surface area contributed by atoms with Crippen molar-refractivity contribution in [1.82, 2.24) is 15.1 Å². The highest BCUT2D eigenvalue weighted by Crippen LogP contribution is 2.34. The molecule has 172 valence electrons. The molecule has 0 bridgehead atoms. The molecule has 5 rings (SSSR count). The summed E-state index contributed by atoms with van der Waals surface area (Å²) in [5.41, 5.74) is 2.53. The van der Waals surface area contributed by atoms with E-state index in [1.807, 2.05) is 24.3 Å². The fraction of sp³-hybridized carbons (Fsp3) is 0.400. The summed E-state index contributed by atoms with van der Waals surface area (Å²) < 4.78 is 52.3. The van der Waals surface area contributed by atoms with E-state index in [1.165, 1.54) is 6.07 Å². The smallest absolute Gasteiger partial charge is 0.255 e. The van der Waals surface area contributed by atoms with Crippen LogP contribution in [0.15, 0.2) is 42.5 Å². The van der Waals surface area contributed by atoms with Gasteiger partial charge in [0, 0.05) is 42.6 Å². The second-order valence-corrected chi connectivity index (χ2v) is 8.05. The van der Waals surface area contributed by atoms with Crippen LogP contribution in [0.3, 0.4) is 0 Å². The molecule has 3 heterocycles. The van der Waals surface area contributed by atoms with Crippen LogP contribution in [0.1, 0.15) is 46.6 Å². The Balaban J connectivity index is 1.32. The number of nitrogens with one attached hydrogen (secondary N) is 1. The minimum absolute atomic E-state index is 0.121. The molecule has 8 heteroatoms. The Labute approximate surface area is 199 Å². The van der Waals surface area contributed by atoms with Gasteiger partial charge >= 0.3 is 0 Å². The minimum atomic E-state index is -3.32. The van der Waals surface area contributed by atoms with Crippen LogP contribution >= 0.6 is 0 Å². The van der Waals surface area contributed by atoms with E-state index in [-0.39, 0.29) is 18.7 Å². The van der Waals surface area contributed by atoms with Gasteiger partial charge in [0.25, 0.3) is 5.91 Å². The second kappa shape index (κ2) is 9.33. The van der Waals surface area contributed by atoms with E-state index in [9.17, 15) is 14.4 Å². The van der Waals surface area contributed by atoms with Crippen molar-refractivity contribution >= 4 is 17.7 Å². The number of ether oxygens (including phenoxy) is 2. The second-order valence-electron chi connectivity index (χ2n) is 8.05. The van der Waals surface area contributed by atoms with Gasteiger partial charge in [-0.15, -0.1) is 0 Å². The zero-order valence-corrected chi connectivity index (χ0v) is 17.9. The maximum Gasteiger partial charge on any atom is 0.255 e. The number of amides is 3. The highest BCUT2D eigenvalue weighted by Gasteiger charge is 2.40. The van der Waals surface area contributed by atoms with Crippen LogP contribution in [-0.4, -0.2) is 59.8 Å². The van der Waals surface area contributed by atoms with E-state index in [1.54, 1.807) is 17.4 Å². The Kier molecular flexibility index (Phi) is 4.63. The fourth-order valence-corrected chi connectivity index (χ4v) is 4.10. The Morgan fingerprint density at radius 1 is 1.09 bits per heavy atom. The predicted octanol–water partition coefficient (Wildman–Crippen LogP) is 1.86. The van der Waals surface area contributed by atoms with Crippen molar-refractivity contribution in [2.24, 2.45) is 0 Å². The normalized spacial score (nSPS) is 28.7. The zero-order valence-electron chi connectivity index (χ0n) is 22.9. The first-order valence-corrected chi connectivity index (χ1v) is 10.8. The summed E-state index contributed by atoms with van der Waals surface area (Å²) in [5, 5.41) is 1.72. The molecule has 0 aliphatic carbocycles. The van der Waals surface area contributed by atoms with E-state index in [2.05, 4.69) is 4.90 Å². The molecule has 2 aromatic rings. The third-order valence-corrected chi connectivity index (χ3v) is 5.86. The molecule has 3 amide bonds. The summed E-state index contributed by atoms with van der Waals surface area (Å²) in [7, 11) is 0. The third-order valence-electron chi connectivity index (χ3n) is 5.86. The number of morpholine rings is 1. The van der Waals surface area contributed by atoms with Crippen LogP contribution in [0.2, 0.25) is 0 Å². The highest BCUT2D eigenvalue weighted by molar-refractivity contribution is 6.05. The SMILES string of the molecule is [2H]C1([2H])C(=O)NC(=O)[C@]([2H])(N2Cc3c(OCc4ccc(CN5CCOCC5)cc4)cccc3C2=O)C1([2H])[2H]. The summed E-state index contributed by atoms with van der Waals surface area (Å²) in [6, 6.07) is 9.63. The number of fused-ring (bicyclic) bond motifs is 1. The average Bonchev–Trinajstić information content (AvgIpc) is 3.24. The maximum absolute atomic E-state index is 13.2. The van der Waals surface area contributed by atoms with Crippen LogP contribution in [0.4, 0.5) is 0 Å². The van der Waals surface area contributed by atoms with Gasteiger partial charge in [0.15, 0.2) is 0 Å². The Bertz CT molecular complexity index is 1280. The molecular weight excluding hydrogens is 422 g/mol. The zero-order chi connectivity index (χ0) is 27.3. The molecule has 1 N–H and O–H groups in total. The first-order chi connectivity index (χ1) is 18.0. The van der Waals surface area contributed by atoms with Crippen molar-refractivity contribution in [3.8, 4) is 5.75 Å². The molecule has 8 nitrogen and oxygen atoms in total. The summed E-state index contributed by atoms with van der Waals surface area (Å²) >= 11 is 0. The molecule has 3 aliphatic rings.